The van der Waals surface area contributed by atoms with Crippen molar-refractivity contribution < 1.29 is 14.1 Å². The summed E-state index contributed by atoms with van der Waals surface area (Å²) in [6.45, 7) is 2.65. The number of pyridine rings is 1. The van der Waals surface area contributed by atoms with Gasteiger partial charge in [0.25, 0.3) is 0 Å². The van der Waals surface area contributed by atoms with Crippen molar-refractivity contribution in [1.82, 2.24) is 20.0 Å². The molecular formula is C18H22N4O3. The Morgan fingerprint density at radius 2 is 2.16 bits per heavy atom. The van der Waals surface area contributed by atoms with Crippen molar-refractivity contribution in [2.75, 3.05) is 13.2 Å². The van der Waals surface area contributed by atoms with Gasteiger partial charge < -0.3 is 14.2 Å². The van der Waals surface area contributed by atoms with E-state index >= 15 is 0 Å². The zero-order chi connectivity index (χ0) is 17.2. The first kappa shape index (κ1) is 16.2. The van der Waals surface area contributed by atoms with Gasteiger partial charge in [-0.2, -0.15) is 4.98 Å². The van der Waals surface area contributed by atoms with Gasteiger partial charge in [0.1, 0.15) is 6.61 Å². The van der Waals surface area contributed by atoms with E-state index in [0.717, 1.165) is 31.2 Å². The molecule has 3 atom stereocenters. The van der Waals surface area contributed by atoms with Crippen molar-refractivity contribution in [3.8, 4) is 11.4 Å². The Kier molecular flexibility index (Phi) is 4.48. The summed E-state index contributed by atoms with van der Waals surface area (Å²) in [5, 5.41) is 4.10. The number of hydrogen-bond donors (Lipinski definition) is 0. The number of piperidine rings is 1. The molecule has 0 aliphatic carbocycles. The van der Waals surface area contributed by atoms with E-state index in [-0.39, 0.29) is 30.5 Å². The smallest absolute Gasteiger partial charge is 0.249 e. The van der Waals surface area contributed by atoms with E-state index in [2.05, 4.69) is 15.1 Å². The highest BCUT2D eigenvalue weighted by molar-refractivity contribution is 5.78. The molecule has 0 aromatic carbocycles. The van der Waals surface area contributed by atoms with Crippen LogP contribution in [-0.4, -0.2) is 51.2 Å². The minimum atomic E-state index is 0.106. The van der Waals surface area contributed by atoms with Gasteiger partial charge in [0.05, 0.1) is 0 Å². The van der Waals surface area contributed by atoms with Crippen molar-refractivity contribution in [2.45, 2.75) is 50.6 Å². The van der Waals surface area contributed by atoms with Crippen LogP contribution >= 0.6 is 0 Å². The first-order valence-electron chi connectivity index (χ1n) is 8.89. The Hall–Kier alpha value is -2.28. The summed E-state index contributed by atoms with van der Waals surface area (Å²) in [5.41, 5.74) is 0.852. The maximum absolute atomic E-state index is 12.4. The Morgan fingerprint density at radius 1 is 1.36 bits per heavy atom. The Morgan fingerprint density at radius 3 is 2.84 bits per heavy atom. The quantitative estimate of drug-likeness (QED) is 0.830. The fourth-order valence-electron chi connectivity index (χ4n) is 4.06. The first-order chi connectivity index (χ1) is 12.3. The lowest BCUT2D eigenvalue weighted by Gasteiger charge is -2.37. The Bertz CT molecular complexity index is 719. The molecule has 25 heavy (non-hydrogen) atoms. The number of ether oxygens (including phenoxy) is 1. The molecule has 0 radical (unpaired) electrons. The molecule has 0 N–H and O–H groups in total. The fraction of sp³-hybridized carbons (Fsp3) is 0.556. The molecule has 2 fully saturated rings. The lowest BCUT2D eigenvalue weighted by Crippen LogP contribution is -2.47. The molecule has 2 bridgehead atoms. The van der Waals surface area contributed by atoms with Gasteiger partial charge in [0.2, 0.25) is 17.6 Å². The molecule has 0 spiro atoms. The molecule has 0 saturated carbocycles. The number of rotatable bonds is 5. The maximum atomic E-state index is 12.4. The normalized spacial score (nSPS) is 25.3. The van der Waals surface area contributed by atoms with Crippen molar-refractivity contribution in [1.29, 1.82) is 0 Å². The lowest BCUT2D eigenvalue weighted by molar-refractivity contribution is -0.140. The second-order valence-corrected chi connectivity index (χ2v) is 6.69. The standard InChI is InChI=1S/C18H22N4O3/c1-2-24-11-16(23)22-14-5-6-15(22)9-13(8-14)18-20-17(21-25-18)12-4-3-7-19-10-12/h3-4,7,10,13-15H,2,5-6,8-9,11H2,1H3/t13?,14-,15+. The van der Waals surface area contributed by atoms with Crippen LogP contribution in [0.5, 0.6) is 0 Å². The zero-order valence-electron chi connectivity index (χ0n) is 14.3. The second kappa shape index (κ2) is 6.92. The molecule has 2 saturated heterocycles. The SMILES string of the molecule is CCOCC(=O)N1[C@@H]2CC[C@H]1CC(c1nc(-c3cccnc3)no1)C2. The van der Waals surface area contributed by atoms with Gasteiger partial charge in [-0.1, -0.05) is 5.16 Å². The van der Waals surface area contributed by atoms with Gasteiger partial charge in [0.15, 0.2) is 0 Å². The summed E-state index contributed by atoms with van der Waals surface area (Å²) in [7, 11) is 0. The summed E-state index contributed by atoms with van der Waals surface area (Å²) in [6.07, 6.45) is 7.29. The summed E-state index contributed by atoms with van der Waals surface area (Å²) >= 11 is 0. The van der Waals surface area contributed by atoms with Crippen LogP contribution in [0.2, 0.25) is 0 Å². The highest BCUT2D eigenvalue weighted by Crippen LogP contribution is 2.42. The number of amides is 1. The fourth-order valence-corrected chi connectivity index (χ4v) is 4.06. The number of carbonyl (C=O) groups excluding carboxylic acids is 1. The van der Waals surface area contributed by atoms with Crippen LogP contribution in [0.15, 0.2) is 29.0 Å². The largest absolute Gasteiger partial charge is 0.372 e. The van der Waals surface area contributed by atoms with Gasteiger partial charge in [0, 0.05) is 42.6 Å². The van der Waals surface area contributed by atoms with E-state index in [1.165, 1.54) is 0 Å². The molecule has 2 aromatic heterocycles. The van der Waals surface area contributed by atoms with E-state index in [9.17, 15) is 4.79 Å². The summed E-state index contributed by atoms with van der Waals surface area (Å²) in [4.78, 5) is 23.1. The highest BCUT2D eigenvalue weighted by atomic mass is 16.5. The van der Waals surface area contributed by atoms with Crippen LogP contribution in [0.1, 0.15) is 44.4 Å². The van der Waals surface area contributed by atoms with Crippen molar-refractivity contribution in [2.24, 2.45) is 0 Å². The zero-order valence-corrected chi connectivity index (χ0v) is 14.3. The van der Waals surface area contributed by atoms with Crippen molar-refractivity contribution in [3.63, 3.8) is 0 Å². The average Bonchev–Trinajstić information content (AvgIpc) is 3.24. The van der Waals surface area contributed by atoms with Crippen LogP contribution in [0.25, 0.3) is 11.4 Å². The van der Waals surface area contributed by atoms with Crippen LogP contribution in [-0.2, 0) is 9.53 Å². The first-order valence-corrected chi connectivity index (χ1v) is 8.89. The lowest BCUT2D eigenvalue weighted by atomic mass is 9.90. The highest BCUT2D eigenvalue weighted by Gasteiger charge is 2.44. The number of aromatic nitrogens is 3. The summed E-state index contributed by atoms with van der Waals surface area (Å²) in [5.74, 6) is 1.57. The molecule has 4 rings (SSSR count). The van der Waals surface area contributed by atoms with E-state index in [0.29, 0.717) is 18.3 Å². The monoisotopic (exact) mass is 342 g/mol. The Balaban J connectivity index is 1.46. The minimum absolute atomic E-state index is 0.106. The average molecular weight is 342 g/mol. The molecule has 132 valence electrons. The molecule has 1 unspecified atom stereocenters. The molecule has 4 heterocycles. The van der Waals surface area contributed by atoms with Crippen LogP contribution < -0.4 is 0 Å². The van der Waals surface area contributed by atoms with Gasteiger partial charge >= 0.3 is 0 Å². The molecule has 2 aliphatic rings. The van der Waals surface area contributed by atoms with Gasteiger partial charge in [-0.15, -0.1) is 0 Å². The topological polar surface area (TPSA) is 81.4 Å². The van der Waals surface area contributed by atoms with Crippen molar-refractivity contribution >= 4 is 5.91 Å². The molecule has 1 amide bonds. The van der Waals surface area contributed by atoms with Crippen LogP contribution in [0, 0.1) is 0 Å². The third-order valence-corrected chi connectivity index (χ3v) is 5.16. The predicted molar refractivity (Wildman–Crippen MR) is 89.7 cm³/mol. The molecule has 7 nitrogen and oxygen atoms in total. The van der Waals surface area contributed by atoms with Crippen LogP contribution in [0.3, 0.4) is 0 Å². The van der Waals surface area contributed by atoms with Gasteiger partial charge in [-0.3, -0.25) is 9.78 Å². The Labute approximate surface area is 146 Å². The predicted octanol–water partition coefficient (Wildman–Crippen LogP) is 2.41. The second-order valence-electron chi connectivity index (χ2n) is 6.69. The van der Waals surface area contributed by atoms with Crippen molar-refractivity contribution in [3.05, 3.63) is 30.4 Å². The van der Waals surface area contributed by atoms with E-state index in [4.69, 9.17) is 9.26 Å². The van der Waals surface area contributed by atoms with E-state index < -0.39 is 0 Å². The molecular weight excluding hydrogens is 320 g/mol. The molecule has 2 aromatic rings. The molecule has 7 heteroatoms. The third kappa shape index (κ3) is 3.16. The molecule has 2 aliphatic heterocycles. The number of fused-ring (bicyclic) bond motifs is 2. The van der Waals surface area contributed by atoms with Gasteiger partial charge in [-0.05, 0) is 44.7 Å². The van der Waals surface area contributed by atoms with E-state index in [1.54, 1.807) is 12.4 Å². The minimum Gasteiger partial charge on any atom is -0.372 e. The number of hydrogen-bond acceptors (Lipinski definition) is 6. The number of nitrogens with zero attached hydrogens (tertiary/aromatic N) is 4. The van der Waals surface area contributed by atoms with Gasteiger partial charge in [-0.25, -0.2) is 0 Å². The number of carbonyl (C=O) groups is 1. The summed E-state index contributed by atoms with van der Waals surface area (Å²) in [6, 6.07) is 4.28. The maximum Gasteiger partial charge on any atom is 0.249 e. The van der Waals surface area contributed by atoms with E-state index in [1.807, 2.05) is 24.0 Å². The van der Waals surface area contributed by atoms with Crippen LogP contribution in [0.4, 0.5) is 0 Å². The third-order valence-electron chi connectivity index (χ3n) is 5.16. The summed E-state index contributed by atoms with van der Waals surface area (Å²) < 4.78 is 10.8.